The number of anilines is 1. The van der Waals surface area contributed by atoms with Crippen LogP contribution < -0.4 is 5.73 Å². The van der Waals surface area contributed by atoms with Gasteiger partial charge >= 0.3 is 0 Å². The highest BCUT2D eigenvalue weighted by Crippen LogP contribution is 2.37. The summed E-state index contributed by atoms with van der Waals surface area (Å²) in [6, 6.07) is 3.67. The van der Waals surface area contributed by atoms with Gasteiger partial charge in [0.1, 0.15) is 21.2 Å². The number of nitrogens with zero attached hydrogens (tertiary/aromatic N) is 3. The zero-order chi connectivity index (χ0) is 13.4. The van der Waals surface area contributed by atoms with Gasteiger partial charge in [0.15, 0.2) is 0 Å². The molecule has 3 rings (SSSR count). The molecule has 0 amide bonds. The van der Waals surface area contributed by atoms with Crippen LogP contribution in [0.2, 0.25) is 0 Å². The van der Waals surface area contributed by atoms with E-state index in [-0.39, 0.29) is 0 Å². The largest absolute Gasteiger partial charge is 0.397 e. The van der Waals surface area contributed by atoms with Crippen LogP contribution in [-0.2, 0) is 0 Å². The lowest BCUT2D eigenvalue weighted by atomic mass is 10.2. The number of nitrogen functional groups attached to an aromatic ring is 1. The molecule has 0 aliphatic rings. The molecule has 0 aromatic carbocycles. The molecular formula is C13H12N4S2. The van der Waals surface area contributed by atoms with E-state index in [1.54, 1.807) is 23.9 Å². The third-order valence-corrected chi connectivity index (χ3v) is 5.08. The SMILES string of the molecule is Cc1sc2ncnc(Sc3ncccc3N)c2c1C. The molecule has 0 atom stereocenters. The first-order valence-electron chi connectivity index (χ1n) is 5.76. The quantitative estimate of drug-likeness (QED) is 0.732. The van der Waals surface area contributed by atoms with E-state index in [0.717, 1.165) is 20.3 Å². The van der Waals surface area contributed by atoms with Gasteiger partial charge in [0.25, 0.3) is 0 Å². The minimum Gasteiger partial charge on any atom is -0.397 e. The van der Waals surface area contributed by atoms with Gasteiger partial charge in [0.2, 0.25) is 0 Å². The number of pyridine rings is 1. The van der Waals surface area contributed by atoms with E-state index in [1.807, 2.05) is 12.1 Å². The van der Waals surface area contributed by atoms with Gasteiger partial charge in [-0.2, -0.15) is 0 Å². The molecular weight excluding hydrogens is 276 g/mol. The Hall–Kier alpha value is -1.66. The summed E-state index contributed by atoms with van der Waals surface area (Å²) >= 11 is 3.18. The first-order valence-corrected chi connectivity index (χ1v) is 7.39. The van der Waals surface area contributed by atoms with Crippen LogP contribution in [0.5, 0.6) is 0 Å². The smallest absolute Gasteiger partial charge is 0.128 e. The molecule has 96 valence electrons. The fourth-order valence-corrected chi connectivity index (χ4v) is 3.80. The normalized spacial score (nSPS) is 11.1. The summed E-state index contributed by atoms with van der Waals surface area (Å²) in [5.41, 5.74) is 7.84. The van der Waals surface area contributed by atoms with E-state index in [0.29, 0.717) is 5.69 Å². The molecule has 6 heteroatoms. The topological polar surface area (TPSA) is 64.7 Å². The van der Waals surface area contributed by atoms with Gasteiger partial charge in [0, 0.05) is 16.5 Å². The Morgan fingerprint density at radius 3 is 2.79 bits per heavy atom. The van der Waals surface area contributed by atoms with E-state index in [2.05, 4.69) is 28.8 Å². The van der Waals surface area contributed by atoms with Crippen molar-refractivity contribution in [3.05, 3.63) is 35.1 Å². The third-order valence-electron chi connectivity index (χ3n) is 2.92. The number of nitrogens with two attached hydrogens (primary N) is 1. The first-order chi connectivity index (χ1) is 9.16. The van der Waals surface area contributed by atoms with Crippen LogP contribution in [0.1, 0.15) is 10.4 Å². The van der Waals surface area contributed by atoms with Crippen LogP contribution in [0.4, 0.5) is 5.69 Å². The van der Waals surface area contributed by atoms with E-state index >= 15 is 0 Å². The molecule has 3 heterocycles. The molecule has 0 bridgehead atoms. The molecule has 0 unspecified atom stereocenters. The molecule has 3 aromatic heterocycles. The number of thiophene rings is 1. The fraction of sp³-hybridized carbons (Fsp3) is 0.154. The van der Waals surface area contributed by atoms with Crippen molar-refractivity contribution in [2.24, 2.45) is 0 Å². The van der Waals surface area contributed by atoms with Gasteiger partial charge in [-0.1, -0.05) is 0 Å². The van der Waals surface area contributed by atoms with Gasteiger partial charge in [-0.15, -0.1) is 11.3 Å². The lowest BCUT2D eigenvalue weighted by Crippen LogP contribution is -1.92. The first kappa shape index (κ1) is 12.4. The number of rotatable bonds is 2. The molecule has 0 saturated carbocycles. The Morgan fingerprint density at radius 1 is 1.16 bits per heavy atom. The lowest BCUT2D eigenvalue weighted by molar-refractivity contribution is 1.08. The molecule has 0 radical (unpaired) electrons. The third kappa shape index (κ3) is 2.17. The maximum atomic E-state index is 5.93. The van der Waals surface area contributed by atoms with E-state index in [1.165, 1.54) is 22.2 Å². The summed E-state index contributed by atoms with van der Waals surface area (Å²) in [7, 11) is 0. The summed E-state index contributed by atoms with van der Waals surface area (Å²) in [6.45, 7) is 4.20. The summed E-state index contributed by atoms with van der Waals surface area (Å²) in [4.78, 5) is 15.3. The van der Waals surface area contributed by atoms with Crippen molar-refractivity contribution in [2.45, 2.75) is 23.9 Å². The molecule has 0 aliphatic carbocycles. The average molecular weight is 288 g/mol. The van der Waals surface area contributed by atoms with Crippen LogP contribution in [-0.4, -0.2) is 15.0 Å². The van der Waals surface area contributed by atoms with E-state index < -0.39 is 0 Å². The molecule has 3 aromatic rings. The predicted octanol–water partition coefficient (Wildman–Crippen LogP) is 3.44. The van der Waals surface area contributed by atoms with E-state index in [4.69, 9.17) is 5.73 Å². The minimum atomic E-state index is 0.670. The second-order valence-electron chi connectivity index (χ2n) is 4.14. The molecule has 0 saturated heterocycles. The number of hydrogen-bond acceptors (Lipinski definition) is 6. The highest BCUT2D eigenvalue weighted by molar-refractivity contribution is 7.99. The number of aromatic nitrogens is 3. The van der Waals surface area contributed by atoms with Gasteiger partial charge in [-0.25, -0.2) is 15.0 Å². The van der Waals surface area contributed by atoms with Crippen molar-refractivity contribution in [1.29, 1.82) is 0 Å². The monoisotopic (exact) mass is 288 g/mol. The molecule has 19 heavy (non-hydrogen) atoms. The van der Waals surface area contributed by atoms with Crippen LogP contribution in [0.15, 0.2) is 34.7 Å². The highest BCUT2D eigenvalue weighted by Gasteiger charge is 2.14. The van der Waals surface area contributed by atoms with Crippen LogP contribution in [0.3, 0.4) is 0 Å². The number of fused-ring (bicyclic) bond motifs is 1. The van der Waals surface area contributed by atoms with Crippen molar-refractivity contribution in [1.82, 2.24) is 15.0 Å². The minimum absolute atomic E-state index is 0.670. The lowest BCUT2D eigenvalue weighted by Gasteiger charge is -2.04. The van der Waals surface area contributed by atoms with Crippen molar-refractivity contribution in [3.8, 4) is 0 Å². The van der Waals surface area contributed by atoms with E-state index in [9.17, 15) is 0 Å². The summed E-state index contributed by atoms with van der Waals surface area (Å²) in [5.74, 6) is 0. The zero-order valence-electron chi connectivity index (χ0n) is 10.5. The zero-order valence-corrected chi connectivity index (χ0v) is 12.2. The molecule has 0 aliphatic heterocycles. The van der Waals surface area contributed by atoms with Gasteiger partial charge in [-0.05, 0) is 43.3 Å². The summed E-state index contributed by atoms with van der Waals surface area (Å²) in [5, 5.41) is 2.81. The Balaban J connectivity index is 2.13. The van der Waals surface area contributed by atoms with Gasteiger partial charge in [-0.3, -0.25) is 0 Å². The maximum absolute atomic E-state index is 5.93. The summed E-state index contributed by atoms with van der Waals surface area (Å²) in [6.07, 6.45) is 3.34. The molecule has 0 fully saturated rings. The van der Waals surface area contributed by atoms with Gasteiger partial charge < -0.3 is 5.73 Å². The number of hydrogen-bond donors (Lipinski definition) is 1. The van der Waals surface area contributed by atoms with Crippen molar-refractivity contribution in [2.75, 3.05) is 5.73 Å². The Bertz CT molecular complexity index is 751. The Labute approximate surface area is 119 Å². The molecule has 4 nitrogen and oxygen atoms in total. The fourth-order valence-electron chi connectivity index (χ4n) is 1.81. The van der Waals surface area contributed by atoms with Crippen molar-refractivity contribution < 1.29 is 0 Å². The summed E-state index contributed by atoms with van der Waals surface area (Å²) < 4.78 is 0. The van der Waals surface area contributed by atoms with Crippen molar-refractivity contribution >= 4 is 39.0 Å². The Kier molecular flexibility index (Phi) is 3.12. The molecule has 2 N–H and O–H groups in total. The van der Waals surface area contributed by atoms with Gasteiger partial charge in [0.05, 0.1) is 5.69 Å². The highest BCUT2D eigenvalue weighted by atomic mass is 32.2. The Morgan fingerprint density at radius 2 is 2.00 bits per heavy atom. The second-order valence-corrected chi connectivity index (χ2v) is 6.32. The number of aryl methyl sites for hydroxylation is 2. The van der Waals surface area contributed by atoms with Crippen LogP contribution in [0.25, 0.3) is 10.2 Å². The van der Waals surface area contributed by atoms with Crippen molar-refractivity contribution in [3.63, 3.8) is 0 Å². The van der Waals surface area contributed by atoms with Crippen LogP contribution in [0, 0.1) is 13.8 Å². The maximum Gasteiger partial charge on any atom is 0.128 e. The molecule has 0 spiro atoms. The standard InChI is InChI=1S/C13H12N4S2/c1-7-8(2)18-12-10(7)13(17-6-16-12)19-11-9(14)4-3-5-15-11/h3-6H,14H2,1-2H3. The predicted molar refractivity (Wildman–Crippen MR) is 79.7 cm³/mol. The average Bonchev–Trinajstić information content (AvgIpc) is 2.69. The van der Waals surface area contributed by atoms with Crippen LogP contribution >= 0.6 is 23.1 Å². The second kappa shape index (κ2) is 4.79.